The Hall–Kier alpha value is -0.950. The highest BCUT2D eigenvalue weighted by molar-refractivity contribution is 14.1. The Morgan fingerprint density at radius 1 is 1.35 bits per heavy atom. The lowest BCUT2D eigenvalue weighted by Crippen LogP contribution is -2.01. The van der Waals surface area contributed by atoms with E-state index in [2.05, 4.69) is 22.6 Å². The SMILES string of the molecule is COc1ccc(C(=O)c2csc(I)c2)cc1F. The molecule has 0 aliphatic heterocycles. The summed E-state index contributed by atoms with van der Waals surface area (Å²) >= 11 is 3.63. The largest absolute Gasteiger partial charge is 0.494 e. The number of hydrogen-bond acceptors (Lipinski definition) is 3. The Bertz CT molecular complexity index is 565. The van der Waals surface area contributed by atoms with Gasteiger partial charge in [0.25, 0.3) is 0 Å². The van der Waals surface area contributed by atoms with Crippen LogP contribution in [0.3, 0.4) is 0 Å². The van der Waals surface area contributed by atoms with Crippen LogP contribution >= 0.6 is 33.9 Å². The van der Waals surface area contributed by atoms with Crippen LogP contribution in [0.15, 0.2) is 29.6 Å². The first-order valence-electron chi connectivity index (χ1n) is 4.74. The van der Waals surface area contributed by atoms with E-state index < -0.39 is 5.82 Å². The molecule has 0 fully saturated rings. The average molecular weight is 362 g/mol. The highest BCUT2D eigenvalue weighted by atomic mass is 127. The zero-order valence-corrected chi connectivity index (χ0v) is 11.8. The van der Waals surface area contributed by atoms with Crippen molar-refractivity contribution in [2.45, 2.75) is 0 Å². The lowest BCUT2D eigenvalue weighted by atomic mass is 10.1. The molecule has 0 N–H and O–H groups in total. The molecule has 1 heterocycles. The van der Waals surface area contributed by atoms with E-state index in [0.29, 0.717) is 11.1 Å². The van der Waals surface area contributed by atoms with Crippen molar-refractivity contribution in [3.63, 3.8) is 0 Å². The molecular weight excluding hydrogens is 354 g/mol. The van der Waals surface area contributed by atoms with E-state index >= 15 is 0 Å². The van der Waals surface area contributed by atoms with Crippen LogP contribution in [0.5, 0.6) is 5.75 Å². The van der Waals surface area contributed by atoms with Gasteiger partial charge in [-0.05, 0) is 46.9 Å². The van der Waals surface area contributed by atoms with Crippen molar-refractivity contribution < 1.29 is 13.9 Å². The molecule has 0 spiro atoms. The van der Waals surface area contributed by atoms with Gasteiger partial charge in [0.1, 0.15) is 0 Å². The van der Waals surface area contributed by atoms with Gasteiger partial charge in [0.05, 0.1) is 9.99 Å². The van der Waals surface area contributed by atoms with Crippen molar-refractivity contribution in [3.8, 4) is 5.75 Å². The van der Waals surface area contributed by atoms with E-state index in [4.69, 9.17) is 4.74 Å². The van der Waals surface area contributed by atoms with Crippen LogP contribution in [0.1, 0.15) is 15.9 Å². The molecule has 2 nitrogen and oxygen atoms in total. The second-order valence-corrected chi connectivity index (χ2v) is 6.12. The molecule has 0 radical (unpaired) electrons. The third-order valence-corrected chi connectivity index (χ3v) is 4.03. The van der Waals surface area contributed by atoms with Crippen LogP contribution in [0.2, 0.25) is 0 Å². The van der Waals surface area contributed by atoms with Gasteiger partial charge in [-0.15, -0.1) is 11.3 Å². The minimum atomic E-state index is -0.525. The van der Waals surface area contributed by atoms with E-state index in [1.165, 1.54) is 30.6 Å². The number of methoxy groups -OCH3 is 1. The number of hydrogen-bond donors (Lipinski definition) is 0. The van der Waals surface area contributed by atoms with Crippen molar-refractivity contribution >= 4 is 39.7 Å². The molecule has 0 saturated heterocycles. The Morgan fingerprint density at radius 2 is 2.12 bits per heavy atom. The Balaban J connectivity index is 2.35. The predicted octanol–water partition coefficient (Wildman–Crippen LogP) is 3.73. The van der Waals surface area contributed by atoms with E-state index in [1.807, 2.05) is 0 Å². The fourth-order valence-corrected chi connectivity index (χ4v) is 2.73. The maximum Gasteiger partial charge on any atom is 0.194 e. The number of ketones is 1. The molecule has 2 aromatic rings. The Labute approximate surface area is 116 Å². The summed E-state index contributed by atoms with van der Waals surface area (Å²) in [6.07, 6.45) is 0. The van der Waals surface area contributed by atoms with E-state index in [-0.39, 0.29) is 11.5 Å². The summed E-state index contributed by atoms with van der Waals surface area (Å²) in [7, 11) is 1.39. The van der Waals surface area contributed by atoms with E-state index in [0.717, 1.165) is 2.88 Å². The third kappa shape index (κ3) is 2.66. The van der Waals surface area contributed by atoms with Crippen molar-refractivity contribution in [3.05, 3.63) is 49.5 Å². The van der Waals surface area contributed by atoms with Crippen LogP contribution in [0, 0.1) is 8.70 Å². The maximum absolute atomic E-state index is 13.5. The molecule has 2 rings (SSSR count). The van der Waals surface area contributed by atoms with Crippen LogP contribution in [-0.4, -0.2) is 12.9 Å². The minimum Gasteiger partial charge on any atom is -0.494 e. The lowest BCUT2D eigenvalue weighted by Gasteiger charge is -2.03. The third-order valence-electron chi connectivity index (χ3n) is 2.24. The van der Waals surface area contributed by atoms with Gasteiger partial charge in [-0.25, -0.2) is 4.39 Å². The first-order chi connectivity index (χ1) is 8.11. The van der Waals surface area contributed by atoms with E-state index in [9.17, 15) is 9.18 Å². The molecule has 0 bridgehead atoms. The van der Waals surface area contributed by atoms with Crippen molar-refractivity contribution in [2.24, 2.45) is 0 Å². The second kappa shape index (κ2) is 5.14. The molecule has 1 aromatic heterocycles. The molecule has 17 heavy (non-hydrogen) atoms. The molecule has 0 amide bonds. The zero-order chi connectivity index (χ0) is 12.4. The summed E-state index contributed by atoms with van der Waals surface area (Å²) in [6.45, 7) is 0. The van der Waals surface area contributed by atoms with Gasteiger partial charge in [0.2, 0.25) is 0 Å². The molecule has 0 aliphatic rings. The fraction of sp³-hybridized carbons (Fsp3) is 0.0833. The zero-order valence-electron chi connectivity index (χ0n) is 8.87. The van der Waals surface area contributed by atoms with Crippen molar-refractivity contribution in [1.29, 1.82) is 0 Å². The number of rotatable bonds is 3. The molecule has 1 aromatic carbocycles. The number of carbonyl (C=O) groups excluding carboxylic acids is 1. The summed E-state index contributed by atoms with van der Waals surface area (Å²) in [4.78, 5) is 12.0. The van der Waals surface area contributed by atoms with Gasteiger partial charge in [-0.2, -0.15) is 0 Å². The monoisotopic (exact) mass is 362 g/mol. The summed E-state index contributed by atoms with van der Waals surface area (Å²) in [6, 6.07) is 6.01. The first-order valence-corrected chi connectivity index (χ1v) is 6.70. The first kappa shape index (κ1) is 12.5. The van der Waals surface area contributed by atoms with Crippen LogP contribution in [-0.2, 0) is 0 Å². The topological polar surface area (TPSA) is 26.3 Å². The van der Waals surface area contributed by atoms with Gasteiger partial charge in [0.15, 0.2) is 17.3 Å². The fourth-order valence-electron chi connectivity index (χ4n) is 1.40. The van der Waals surface area contributed by atoms with Gasteiger partial charge in [-0.1, -0.05) is 0 Å². The van der Waals surface area contributed by atoms with Crippen LogP contribution < -0.4 is 4.74 Å². The molecular formula is C12H8FIO2S. The number of benzene rings is 1. The Kier molecular flexibility index (Phi) is 3.78. The summed E-state index contributed by atoms with van der Waals surface area (Å²) in [5, 5.41) is 1.77. The van der Waals surface area contributed by atoms with Crippen LogP contribution in [0.4, 0.5) is 4.39 Å². The highest BCUT2D eigenvalue weighted by Crippen LogP contribution is 2.22. The normalized spacial score (nSPS) is 10.3. The number of halogens is 2. The predicted molar refractivity (Wildman–Crippen MR) is 73.4 cm³/mol. The summed E-state index contributed by atoms with van der Waals surface area (Å²) in [5.74, 6) is -0.560. The smallest absolute Gasteiger partial charge is 0.194 e. The van der Waals surface area contributed by atoms with Gasteiger partial charge in [0, 0.05) is 16.5 Å². The molecule has 0 atom stereocenters. The van der Waals surface area contributed by atoms with Crippen molar-refractivity contribution in [2.75, 3.05) is 7.11 Å². The number of ether oxygens (including phenoxy) is 1. The van der Waals surface area contributed by atoms with Crippen molar-refractivity contribution in [1.82, 2.24) is 0 Å². The number of thiophene rings is 1. The highest BCUT2D eigenvalue weighted by Gasteiger charge is 2.13. The van der Waals surface area contributed by atoms with Crippen LogP contribution in [0.25, 0.3) is 0 Å². The summed E-state index contributed by atoms with van der Waals surface area (Å²) in [5.41, 5.74) is 0.918. The van der Waals surface area contributed by atoms with Gasteiger partial charge in [-0.3, -0.25) is 4.79 Å². The van der Waals surface area contributed by atoms with Gasteiger partial charge < -0.3 is 4.74 Å². The second-order valence-electron chi connectivity index (χ2n) is 3.32. The quantitative estimate of drug-likeness (QED) is 0.615. The van der Waals surface area contributed by atoms with E-state index in [1.54, 1.807) is 17.5 Å². The average Bonchev–Trinajstić information content (AvgIpc) is 2.75. The minimum absolute atomic E-state index is 0.140. The van der Waals surface area contributed by atoms with Gasteiger partial charge >= 0.3 is 0 Å². The molecule has 0 saturated carbocycles. The standard InChI is InChI=1S/C12H8FIO2S/c1-16-10-3-2-7(4-9(10)13)12(15)8-5-11(14)17-6-8/h2-6H,1H3. The lowest BCUT2D eigenvalue weighted by molar-refractivity contribution is 0.103. The molecule has 0 unspecified atom stereocenters. The Morgan fingerprint density at radius 3 is 2.65 bits per heavy atom. The molecule has 0 aliphatic carbocycles. The summed E-state index contributed by atoms with van der Waals surface area (Å²) < 4.78 is 19.3. The number of carbonyl (C=O) groups is 1. The molecule has 88 valence electrons. The molecule has 5 heteroatoms. The maximum atomic E-state index is 13.5.